The number of rotatable bonds is 2. The average Bonchev–Trinajstić information content (AvgIpc) is 3.12. The van der Waals surface area contributed by atoms with Gasteiger partial charge in [0.1, 0.15) is 11.0 Å². The van der Waals surface area contributed by atoms with Gasteiger partial charge in [-0.15, -0.1) is 0 Å². The van der Waals surface area contributed by atoms with Crippen LogP contribution in [0.1, 0.15) is 18.4 Å². The molecule has 0 aliphatic carbocycles. The van der Waals surface area contributed by atoms with Crippen molar-refractivity contribution in [2.24, 2.45) is 5.41 Å². The predicted molar refractivity (Wildman–Crippen MR) is 71.9 cm³/mol. The molecule has 3 heterocycles. The molecule has 2 saturated heterocycles. The van der Waals surface area contributed by atoms with Crippen molar-refractivity contribution < 1.29 is 14.2 Å². The molecule has 0 saturated carbocycles. The van der Waals surface area contributed by atoms with Crippen molar-refractivity contribution in [2.45, 2.75) is 19.4 Å². The third-order valence-electron chi connectivity index (χ3n) is 4.43. The van der Waals surface area contributed by atoms with E-state index in [9.17, 15) is 9.59 Å². The van der Waals surface area contributed by atoms with Crippen molar-refractivity contribution in [3.8, 4) is 0 Å². The number of amides is 2. The van der Waals surface area contributed by atoms with Crippen molar-refractivity contribution in [3.63, 3.8) is 0 Å². The number of likely N-dealkylation sites (tertiary alicyclic amines) is 1. The van der Waals surface area contributed by atoms with Gasteiger partial charge >= 0.3 is 0 Å². The highest BCUT2D eigenvalue weighted by molar-refractivity contribution is 6.06. The van der Waals surface area contributed by atoms with Crippen LogP contribution in [0.25, 0.3) is 11.0 Å². The van der Waals surface area contributed by atoms with Gasteiger partial charge in [-0.1, -0.05) is 12.1 Å². The Morgan fingerprint density at radius 1 is 1.33 bits per heavy atom. The van der Waals surface area contributed by atoms with E-state index in [1.807, 2.05) is 18.2 Å². The molecule has 2 fully saturated rings. The number of nitrogens with zero attached hydrogens (tertiary/aromatic N) is 3. The van der Waals surface area contributed by atoms with Crippen LogP contribution in [0.2, 0.25) is 0 Å². The van der Waals surface area contributed by atoms with Gasteiger partial charge in [0.15, 0.2) is 0 Å². The number of hydrogen-bond donors (Lipinski definition) is 1. The van der Waals surface area contributed by atoms with E-state index < -0.39 is 5.41 Å². The lowest BCUT2D eigenvalue weighted by Gasteiger charge is -2.20. The number of benzene rings is 1. The molecule has 1 aromatic carbocycles. The Morgan fingerprint density at radius 3 is 3.05 bits per heavy atom. The summed E-state index contributed by atoms with van der Waals surface area (Å²) < 4.78 is 4.77. The van der Waals surface area contributed by atoms with Gasteiger partial charge in [0.25, 0.3) is 0 Å². The van der Waals surface area contributed by atoms with Crippen molar-refractivity contribution >= 4 is 22.8 Å². The molecule has 0 bridgehead atoms. The first-order chi connectivity index (χ1) is 10.2. The Morgan fingerprint density at radius 2 is 2.24 bits per heavy atom. The van der Waals surface area contributed by atoms with E-state index in [4.69, 9.17) is 4.63 Å². The molecule has 0 radical (unpaired) electrons. The fourth-order valence-corrected chi connectivity index (χ4v) is 3.34. The zero-order valence-electron chi connectivity index (χ0n) is 11.3. The third-order valence-corrected chi connectivity index (χ3v) is 4.43. The standard InChI is InChI=1S/C14H14N4O3/c19-11-6-14(13(20)15-11)4-5-18(8-14)7-9-2-1-3-10-12(9)17-21-16-10/h1-3H,4-8H2,(H,15,19,20)/t14-/m1/s1. The molecule has 108 valence electrons. The molecular formula is C14H14N4O3. The molecule has 2 aliphatic heterocycles. The number of carbonyl (C=O) groups excluding carboxylic acids is 2. The first-order valence-electron chi connectivity index (χ1n) is 6.93. The van der Waals surface area contributed by atoms with E-state index in [2.05, 4.69) is 20.5 Å². The number of nitrogens with one attached hydrogen (secondary N) is 1. The summed E-state index contributed by atoms with van der Waals surface area (Å²) in [5.41, 5.74) is 1.98. The second kappa shape index (κ2) is 4.36. The average molecular weight is 286 g/mol. The minimum Gasteiger partial charge on any atom is -0.298 e. The lowest BCUT2D eigenvalue weighted by atomic mass is 9.85. The van der Waals surface area contributed by atoms with E-state index in [1.165, 1.54) is 0 Å². The minimum absolute atomic E-state index is 0.128. The molecule has 2 aliphatic rings. The second-order valence-electron chi connectivity index (χ2n) is 5.84. The lowest BCUT2D eigenvalue weighted by molar-refractivity contribution is -0.128. The van der Waals surface area contributed by atoms with Crippen LogP contribution >= 0.6 is 0 Å². The van der Waals surface area contributed by atoms with Gasteiger partial charge in [0, 0.05) is 19.5 Å². The number of imide groups is 1. The van der Waals surface area contributed by atoms with E-state index in [0.29, 0.717) is 19.5 Å². The number of carbonyl (C=O) groups is 2. The molecular weight excluding hydrogens is 272 g/mol. The van der Waals surface area contributed by atoms with Gasteiger partial charge in [-0.3, -0.25) is 19.8 Å². The Hall–Kier alpha value is -2.28. The highest BCUT2D eigenvalue weighted by Crippen LogP contribution is 2.38. The van der Waals surface area contributed by atoms with Crippen molar-refractivity contribution in [2.75, 3.05) is 13.1 Å². The minimum atomic E-state index is -0.535. The molecule has 7 heteroatoms. The second-order valence-corrected chi connectivity index (χ2v) is 5.84. The van der Waals surface area contributed by atoms with Crippen LogP contribution in [0.5, 0.6) is 0 Å². The summed E-state index contributed by atoms with van der Waals surface area (Å²) in [5, 5.41) is 10.2. The molecule has 2 amide bonds. The van der Waals surface area contributed by atoms with Crippen LogP contribution in [0.4, 0.5) is 0 Å². The maximum atomic E-state index is 12.0. The fraction of sp³-hybridized carbons (Fsp3) is 0.429. The van der Waals surface area contributed by atoms with Crippen LogP contribution < -0.4 is 5.32 Å². The summed E-state index contributed by atoms with van der Waals surface area (Å²) in [5.74, 6) is -0.291. The normalized spacial score (nSPS) is 26.1. The number of fused-ring (bicyclic) bond motifs is 1. The van der Waals surface area contributed by atoms with Crippen molar-refractivity contribution in [1.82, 2.24) is 20.5 Å². The molecule has 1 aromatic heterocycles. The largest absolute Gasteiger partial charge is 0.298 e. The molecule has 1 atom stereocenters. The van der Waals surface area contributed by atoms with E-state index in [1.54, 1.807) is 0 Å². The van der Waals surface area contributed by atoms with Gasteiger partial charge in [-0.2, -0.15) is 0 Å². The molecule has 21 heavy (non-hydrogen) atoms. The highest BCUT2D eigenvalue weighted by atomic mass is 16.6. The molecule has 2 aromatic rings. The number of aromatic nitrogens is 2. The van der Waals surface area contributed by atoms with Crippen LogP contribution in [0.3, 0.4) is 0 Å². The molecule has 1 N–H and O–H groups in total. The zero-order chi connectivity index (χ0) is 14.4. The summed E-state index contributed by atoms with van der Waals surface area (Å²) in [7, 11) is 0. The monoisotopic (exact) mass is 286 g/mol. The van der Waals surface area contributed by atoms with Crippen LogP contribution in [-0.4, -0.2) is 40.1 Å². The smallest absolute Gasteiger partial charge is 0.234 e. The molecule has 7 nitrogen and oxygen atoms in total. The zero-order valence-corrected chi connectivity index (χ0v) is 11.3. The quantitative estimate of drug-likeness (QED) is 0.807. The summed E-state index contributed by atoms with van der Waals surface area (Å²) in [6.07, 6.45) is 1.02. The summed E-state index contributed by atoms with van der Waals surface area (Å²) in [4.78, 5) is 25.6. The van der Waals surface area contributed by atoms with Gasteiger partial charge in [0.2, 0.25) is 11.8 Å². The maximum Gasteiger partial charge on any atom is 0.234 e. The summed E-state index contributed by atoms with van der Waals surface area (Å²) in [6, 6.07) is 5.75. The highest BCUT2D eigenvalue weighted by Gasteiger charge is 2.50. The van der Waals surface area contributed by atoms with E-state index in [0.717, 1.165) is 29.6 Å². The van der Waals surface area contributed by atoms with Gasteiger partial charge in [-0.25, -0.2) is 4.63 Å². The van der Waals surface area contributed by atoms with Gasteiger partial charge < -0.3 is 0 Å². The molecule has 4 rings (SSSR count). The van der Waals surface area contributed by atoms with Crippen LogP contribution in [-0.2, 0) is 16.1 Å². The first-order valence-corrected chi connectivity index (χ1v) is 6.93. The first kappa shape index (κ1) is 12.5. The molecule has 0 unspecified atom stereocenters. The van der Waals surface area contributed by atoms with Crippen molar-refractivity contribution in [3.05, 3.63) is 23.8 Å². The number of hydrogen-bond acceptors (Lipinski definition) is 6. The third kappa shape index (κ3) is 1.92. The Balaban J connectivity index is 1.56. The molecule has 1 spiro atoms. The fourth-order valence-electron chi connectivity index (χ4n) is 3.34. The Labute approximate surface area is 120 Å². The lowest BCUT2D eigenvalue weighted by Crippen LogP contribution is -2.34. The summed E-state index contributed by atoms with van der Waals surface area (Å²) in [6.45, 7) is 2.07. The van der Waals surface area contributed by atoms with E-state index in [-0.39, 0.29) is 11.8 Å². The van der Waals surface area contributed by atoms with Crippen LogP contribution in [0, 0.1) is 5.41 Å². The topological polar surface area (TPSA) is 88.3 Å². The van der Waals surface area contributed by atoms with Gasteiger partial charge in [0.05, 0.1) is 5.41 Å². The Kier molecular flexibility index (Phi) is 2.58. The Bertz CT molecular complexity index is 741. The van der Waals surface area contributed by atoms with Gasteiger partial charge in [-0.05, 0) is 34.9 Å². The SMILES string of the molecule is O=C1C[C@@]2(CCN(Cc3cccc4nonc34)C2)C(=O)N1. The van der Waals surface area contributed by atoms with Crippen molar-refractivity contribution in [1.29, 1.82) is 0 Å². The maximum absolute atomic E-state index is 12.0. The summed E-state index contributed by atoms with van der Waals surface area (Å²) >= 11 is 0. The predicted octanol–water partition coefficient (Wildman–Crippen LogP) is 0.461. The van der Waals surface area contributed by atoms with Crippen LogP contribution in [0.15, 0.2) is 22.8 Å². The van der Waals surface area contributed by atoms with E-state index >= 15 is 0 Å².